The second-order valence-electron chi connectivity index (χ2n) is 2.95. The smallest absolute Gasteiger partial charge is 0.165 e. The zero-order valence-electron chi connectivity index (χ0n) is 7.75. The van der Waals surface area contributed by atoms with Crippen LogP contribution in [-0.2, 0) is 6.54 Å². The van der Waals surface area contributed by atoms with Crippen molar-refractivity contribution in [2.24, 2.45) is 0 Å². The molecule has 72 valence electrons. The lowest BCUT2D eigenvalue weighted by Crippen LogP contribution is -2.06. The first-order valence-electron chi connectivity index (χ1n) is 4.17. The summed E-state index contributed by atoms with van der Waals surface area (Å²) in [5, 5.41) is 7.89. The molecule has 2 aromatic heterocycles. The van der Waals surface area contributed by atoms with E-state index in [1.807, 2.05) is 6.92 Å². The minimum absolute atomic E-state index is 0.407. The Kier molecular flexibility index (Phi) is 2.10. The van der Waals surface area contributed by atoms with Crippen LogP contribution < -0.4 is 5.73 Å². The van der Waals surface area contributed by atoms with Gasteiger partial charge in [0.15, 0.2) is 5.82 Å². The first-order chi connectivity index (χ1) is 6.74. The number of nitrogens with zero attached hydrogens (tertiary/aromatic N) is 5. The highest BCUT2D eigenvalue weighted by atomic mass is 15.5. The third-order valence-electron chi connectivity index (χ3n) is 1.69. The van der Waals surface area contributed by atoms with Crippen LogP contribution in [-0.4, -0.2) is 25.0 Å². The van der Waals surface area contributed by atoms with Gasteiger partial charge < -0.3 is 5.73 Å². The molecule has 0 saturated heterocycles. The summed E-state index contributed by atoms with van der Waals surface area (Å²) in [6, 6.07) is 0. The molecule has 0 saturated carbocycles. The summed E-state index contributed by atoms with van der Waals surface area (Å²) in [5.74, 6) is 0.407. The lowest BCUT2D eigenvalue weighted by molar-refractivity contribution is 0.581. The number of aryl methyl sites for hydroxylation is 1. The van der Waals surface area contributed by atoms with Crippen molar-refractivity contribution in [1.29, 1.82) is 0 Å². The topological polar surface area (TPSA) is 82.5 Å². The molecule has 0 aliphatic rings. The quantitative estimate of drug-likeness (QED) is 0.721. The van der Waals surface area contributed by atoms with Crippen molar-refractivity contribution in [3.63, 3.8) is 0 Å². The highest BCUT2D eigenvalue weighted by Crippen LogP contribution is 1.97. The van der Waals surface area contributed by atoms with Gasteiger partial charge in [-0.2, -0.15) is 9.90 Å². The van der Waals surface area contributed by atoms with Crippen LogP contribution in [0, 0.1) is 6.92 Å². The Labute approximate surface area is 80.8 Å². The summed E-state index contributed by atoms with van der Waals surface area (Å²) in [6.45, 7) is 2.38. The van der Waals surface area contributed by atoms with E-state index in [1.165, 1.54) is 11.0 Å². The molecule has 14 heavy (non-hydrogen) atoms. The molecule has 2 N–H and O–H groups in total. The van der Waals surface area contributed by atoms with Crippen LogP contribution in [0.3, 0.4) is 0 Å². The van der Waals surface area contributed by atoms with Gasteiger partial charge in [-0.05, 0) is 6.92 Å². The summed E-state index contributed by atoms with van der Waals surface area (Å²) in [5.41, 5.74) is 7.13. The fourth-order valence-corrected chi connectivity index (χ4v) is 1.03. The maximum absolute atomic E-state index is 5.43. The molecular weight excluding hydrogens is 180 g/mol. The van der Waals surface area contributed by atoms with Crippen molar-refractivity contribution >= 4 is 5.82 Å². The molecule has 2 aromatic rings. The minimum atomic E-state index is 0.407. The molecule has 0 aromatic carbocycles. The number of hydrogen-bond donors (Lipinski definition) is 1. The number of hydrogen-bond acceptors (Lipinski definition) is 5. The fraction of sp³-hybridized carbons (Fsp3) is 0.250. The van der Waals surface area contributed by atoms with Gasteiger partial charge in [0.05, 0.1) is 23.8 Å². The van der Waals surface area contributed by atoms with Crippen molar-refractivity contribution in [2.45, 2.75) is 13.5 Å². The molecule has 0 atom stereocenters. The summed E-state index contributed by atoms with van der Waals surface area (Å²) in [7, 11) is 0. The van der Waals surface area contributed by atoms with E-state index in [1.54, 1.807) is 12.4 Å². The number of anilines is 1. The van der Waals surface area contributed by atoms with Gasteiger partial charge in [-0.15, -0.1) is 5.10 Å². The predicted octanol–water partition coefficient (Wildman–Crippen LogP) is 0.00702. The highest BCUT2D eigenvalue weighted by Gasteiger charge is 1.99. The Morgan fingerprint density at radius 3 is 2.71 bits per heavy atom. The molecule has 0 amide bonds. The number of nitrogens with two attached hydrogens (primary N) is 1. The number of nitrogen functional groups attached to an aromatic ring is 1. The largest absolute Gasteiger partial charge is 0.381 e. The summed E-state index contributed by atoms with van der Waals surface area (Å²) < 4.78 is 0. The van der Waals surface area contributed by atoms with E-state index >= 15 is 0 Å². The fourth-order valence-electron chi connectivity index (χ4n) is 1.03. The summed E-state index contributed by atoms with van der Waals surface area (Å²) in [4.78, 5) is 9.78. The Morgan fingerprint density at radius 2 is 2.14 bits per heavy atom. The molecule has 0 aliphatic carbocycles. The second kappa shape index (κ2) is 3.41. The standard InChI is InChI=1S/C8H10N6/c1-6-2-11-7(3-10-6)5-14-12-4-8(9)13-14/h2-4H,5H2,1H3,(H2,9,13). The van der Waals surface area contributed by atoms with Crippen molar-refractivity contribution in [3.8, 4) is 0 Å². The van der Waals surface area contributed by atoms with E-state index in [2.05, 4.69) is 20.2 Å². The van der Waals surface area contributed by atoms with E-state index in [0.717, 1.165) is 11.4 Å². The van der Waals surface area contributed by atoms with Crippen molar-refractivity contribution in [3.05, 3.63) is 30.0 Å². The third kappa shape index (κ3) is 1.85. The molecule has 0 bridgehead atoms. The van der Waals surface area contributed by atoms with Gasteiger partial charge in [0.2, 0.25) is 0 Å². The molecule has 2 rings (SSSR count). The van der Waals surface area contributed by atoms with E-state index in [-0.39, 0.29) is 0 Å². The van der Waals surface area contributed by atoms with E-state index in [4.69, 9.17) is 5.73 Å². The van der Waals surface area contributed by atoms with Crippen molar-refractivity contribution in [1.82, 2.24) is 25.0 Å². The molecule has 6 nitrogen and oxygen atoms in total. The van der Waals surface area contributed by atoms with Gasteiger partial charge in [0.25, 0.3) is 0 Å². The van der Waals surface area contributed by atoms with Crippen LogP contribution in [0.25, 0.3) is 0 Å². The van der Waals surface area contributed by atoms with Crippen LogP contribution in [0.1, 0.15) is 11.4 Å². The molecular formula is C8H10N6. The molecule has 2 heterocycles. The lowest BCUT2D eigenvalue weighted by Gasteiger charge is -1.98. The molecule has 0 unspecified atom stereocenters. The Balaban J connectivity index is 2.15. The summed E-state index contributed by atoms with van der Waals surface area (Å²) in [6.07, 6.45) is 4.92. The average Bonchev–Trinajstić information content (AvgIpc) is 2.56. The first-order valence-corrected chi connectivity index (χ1v) is 4.17. The second-order valence-corrected chi connectivity index (χ2v) is 2.95. The zero-order chi connectivity index (χ0) is 9.97. The monoisotopic (exact) mass is 190 g/mol. The van der Waals surface area contributed by atoms with Gasteiger partial charge in [-0.25, -0.2) is 0 Å². The van der Waals surface area contributed by atoms with Gasteiger partial charge >= 0.3 is 0 Å². The van der Waals surface area contributed by atoms with Gasteiger partial charge in [0.1, 0.15) is 6.54 Å². The molecule has 0 spiro atoms. The predicted molar refractivity (Wildman–Crippen MR) is 50.3 cm³/mol. The van der Waals surface area contributed by atoms with E-state index in [9.17, 15) is 0 Å². The van der Waals surface area contributed by atoms with Gasteiger partial charge in [-0.3, -0.25) is 9.97 Å². The molecule has 0 fully saturated rings. The van der Waals surface area contributed by atoms with Crippen LogP contribution in [0.15, 0.2) is 18.6 Å². The van der Waals surface area contributed by atoms with Crippen LogP contribution in [0.5, 0.6) is 0 Å². The third-order valence-corrected chi connectivity index (χ3v) is 1.69. The zero-order valence-corrected chi connectivity index (χ0v) is 7.75. The highest BCUT2D eigenvalue weighted by molar-refractivity contribution is 5.19. The maximum atomic E-state index is 5.43. The first kappa shape index (κ1) is 8.61. The SMILES string of the molecule is Cc1cnc(Cn2ncc(N)n2)cn1. The normalized spacial score (nSPS) is 10.4. The Morgan fingerprint density at radius 1 is 1.29 bits per heavy atom. The summed E-state index contributed by atoms with van der Waals surface area (Å²) >= 11 is 0. The van der Waals surface area contributed by atoms with Gasteiger partial charge in [-0.1, -0.05) is 0 Å². The Hall–Kier alpha value is -1.98. The molecule has 6 heteroatoms. The number of rotatable bonds is 2. The van der Waals surface area contributed by atoms with E-state index < -0.39 is 0 Å². The van der Waals surface area contributed by atoms with Crippen molar-refractivity contribution < 1.29 is 0 Å². The van der Waals surface area contributed by atoms with E-state index in [0.29, 0.717) is 12.4 Å². The van der Waals surface area contributed by atoms with Crippen LogP contribution in [0.2, 0.25) is 0 Å². The Bertz CT molecular complexity index is 418. The van der Waals surface area contributed by atoms with Crippen molar-refractivity contribution in [2.75, 3.05) is 5.73 Å². The molecule has 0 radical (unpaired) electrons. The maximum Gasteiger partial charge on any atom is 0.165 e. The molecule has 0 aliphatic heterocycles. The van der Waals surface area contributed by atoms with Gasteiger partial charge in [0, 0.05) is 6.20 Å². The number of aromatic nitrogens is 5. The lowest BCUT2D eigenvalue weighted by atomic mass is 10.4. The average molecular weight is 190 g/mol. The minimum Gasteiger partial charge on any atom is -0.381 e. The van der Waals surface area contributed by atoms with Crippen LogP contribution >= 0.6 is 0 Å². The van der Waals surface area contributed by atoms with Crippen LogP contribution in [0.4, 0.5) is 5.82 Å².